The molecule has 1 heterocycles. The molecule has 1 fully saturated rings. The van der Waals surface area contributed by atoms with Gasteiger partial charge < -0.3 is 15.1 Å². The van der Waals surface area contributed by atoms with E-state index in [0.717, 1.165) is 9.99 Å². The molecule has 1 aliphatic heterocycles. The number of hydrogen-bond acceptors (Lipinski definition) is 5. The van der Waals surface area contributed by atoms with Gasteiger partial charge in [0.25, 0.3) is 5.91 Å². The van der Waals surface area contributed by atoms with Crippen molar-refractivity contribution in [1.82, 2.24) is 14.5 Å². The minimum Gasteiger partial charge on any atom is -0.368 e. The summed E-state index contributed by atoms with van der Waals surface area (Å²) in [5, 5.41) is 3.24. The van der Waals surface area contributed by atoms with E-state index in [9.17, 15) is 18.0 Å². The van der Waals surface area contributed by atoms with Gasteiger partial charge in [0.2, 0.25) is 15.9 Å². The second kappa shape index (κ2) is 10.1. The number of nitrogens with one attached hydrogen (secondary N) is 1. The van der Waals surface area contributed by atoms with E-state index in [1.165, 1.54) is 32.3 Å². The third kappa shape index (κ3) is 5.53. The maximum absolute atomic E-state index is 12.5. The van der Waals surface area contributed by atoms with Gasteiger partial charge in [-0.2, -0.15) is 0 Å². The fourth-order valence-corrected chi connectivity index (χ4v) is 4.87. The van der Waals surface area contributed by atoms with Crippen LogP contribution < -0.4 is 10.2 Å². The third-order valence-corrected chi connectivity index (χ3v) is 7.69. The minimum atomic E-state index is -3.81. The van der Waals surface area contributed by atoms with Crippen LogP contribution >= 0.6 is 23.2 Å². The van der Waals surface area contributed by atoms with E-state index < -0.39 is 15.9 Å². The smallest absolute Gasteiger partial charge is 0.251 e. The van der Waals surface area contributed by atoms with Crippen molar-refractivity contribution < 1.29 is 18.0 Å². The Balaban J connectivity index is 1.57. The highest BCUT2D eigenvalue weighted by Gasteiger charge is 2.24. The zero-order valence-corrected chi connectivity index (χ0v) is 20.0. The van der Waals surface area contributed by atoms with E-state index in [0.29, 0.717) is 31.2 Å². The van der Waals surface area contributed by atoms with E-state index in [1.807, 2.05) is 24.3 Å². The van der Waals surface area contributed by atoms with Crippen molar-refractivity contribution in [2.75, 3.05) is 51.7 Å². The lowest BCUT2D eigenvalue weighted by atomic mass is 10.2. The monoisotopic (exact) mass is 498 g/mol. The van der Waals surface area contributed by atoms with Crippen molar-refractivity contribution >= 4 is 50.7 Å². The molecule has 0 atom stereocenters. The molecule has 0 aliphatic carbocycles. The Hall–Kier alpha value is -2.33. The SMILES string of the molecule is CN(C)S(=O)(=O)c1cc(C(=O)NCC(=O)N2CCN(c3cccc(Cl)c3)CC2)ccc1Cl. The zero-order valence-electron chi connectivity index (χ0n) is 17.7. The van der Waals surface area contributed by atoms with Gasteiger partial charge in [0.1, 0.15) is 4.90 Å². The van der Waals surface area contributed by atoms with E-state index in [4.69, 9.17) is 23.2 Å². The fraction of sp³-hybridized carbons (Fsp3) is 0.333. The number of sulfonamides is 1. The normalized spacial score (nSPS) is 14.5. The van der Waals surface area contributed by atoms with Crippen LogP contribution in [0.4, 0.5) is 5.69 Å². The average molecular weight is 499 g/mol. The van der Waals surface area contributed by atoms with E-state index >= 15 is 0 Å². The van der Waals surface area contributed by atoms with Crippen LogP contribution in [0.15, 0.2) is 47.4 Å². The molecule has 1 aliphatic rings. The van der Waals surface area contributed by atoms with Crippen LogP contribution in [-0.2, 0) is 14.8 Å². The summed E-state index contributed by atoms with van der Waals surface area (Å²) in [4.78, 5) is 28.7. The number of nitrogens with zero attached hydrogens (tertiary/aromatic N) is 3. The van der Waals surface area contributed by atoms with Crippen molar-refractivity contribution in [3.05, 3.63) is 58.1 Å². The largest absolute Gasteiger partial charge is 0.368 e. The zero-order chi connectivity index (χ0) is 23.5. The maximum atomic E-state index is 12.5. The van der Waals surface area contributed by atoms with Crippen LogP contribution in [0.2, 0.25) is 10.0 Å². The topological polar surface area (TPSA) is 90.0 Å². The number of carbonyl (C=O) groups excluding carboxylic acids is 2. The van der Waals surface area contributed by atoms with Gasteiger partial charge >= 0.3 is 0 Å². The highest BCUT2D eigenvalue weighted by molar-refractivity contribution is 7.89. The quantitative estimate of drug-likeness (QED) is 0.659. The second-order valence-corrected chi connectivity index (χ2v) is 10.4. The Kier molecular flexibility index (Phi) is 7.66. The standard InChI is InChI=1S/C21H24Cl2N4O4S/c1-25(2)32(30,31)19-12-15(6-7-18(19)23)21(29)24-14-20(28)27-10-8-26(9-11-27)17-5-3-4-16(22)13-17/h3-7,12-13H,8-11,14H2,1-2H3,(H,24,29). The molecule has 3 rings (SSSR count). The molecule has 1 N–H and O–H groups in total. The summed E-state index contributed by atoms with van der Waals surface area (Å²) in [7, 11) is -1.05. The van der Waals surface area contributed by atoms with Crippen LogP contribution in [0.25, 0.3) is 0 Å². The molecule has 0 aromatic heterocycles. The molecule has 2 aromatic carbocycles. The Labute approximate surface area is 197 Å². The molecule has 0 saturated carbocycles. The van der Waals surface area contributed by atoms with Gasteiger partial charge in [0, 0.05) is 56.5 Å². The minimum absolute atomic E-state index is 0.0175. The van der Waals surface area contributed by atoms with E-state index in [-0.39, 0.29) is 27.9 Å². The molecule has 8 nitrogen and oxygen atoms in total. The summed E-state index contributed by atoms with van der Waals surface area (Å²) in [6, 6.07) is 11.5. The predicted octanol–water partition coefficient (Wildman–Crippen LogP) is 2.32. The van der Waals surface area contributed by atoms with Crippen molar-refractivity contribution in [3.8, 4) is 0 Å². The van der Waals surface area contributed by atoms with Gasteiger partial charge in [-0.15, -0.1) is 0 Å². The number of benzene rings is 2. The third-order valence-electron chi connectivity index (χ3n) is 5.16. The van der Waals surface area contributed by atoms with Crippen LogP contribution in [0.3, 0.4) is 0 Å². The summed E-state index contributed by atoms with van der Waals surface area (Å²) >= 11 is 12.1. The van der Waals surface area contributed by atoms with Gasteiger partial charge in [-0.25, -0.2) is 12.7 Å². The number of anilines is 1. The number of hydrogen-bond donors (Lipinski definition) is 1. The number of halogens is 2. The highest BCUT2D eigenvalue weighted by Crippen LogP contribution is 2.25. The fourth-order valence-electron chi connectivity index (χ4n) is 3.30. The summed E-state index contributed by atoms with van der Waals surface area (Å²) in [5.74, 6) is -0.762. The number of amides is 2. The van der Waals surface area contributed by atoms with Crippen LogP contribution in [0, 0.1) is 0 Å². The lowest BCUT2D eigenvalue weighted by molar-refractivity contribution is -0.130. The summed E-state index contributed by atoms with van der Waals surface area (Å²) < 4.78 is 25.8. The molecular weight excluding hydrogens is 475 g/mol. The highest BCUT2D eigenvalue weighted by atomic mass is 35.5. The Bertz CT molecular complexity index is 1120. The van der Waals surface area contributed by atoms with Crippen molar-refractivity contribution in [1.29, 1.82) is 0 Å². The van der Waals surface area contributed by atoms with Crippen molar-refractivity contribution in [3.63, 3.8) is 0 Å². The summed E-state index contributed by atoms with van der Waals surface area (Å²) in [6.07, 6.45) is 0. The molecule has 11 heteroatoms. The lowest BCUT2D eigenvalue weighted by Crippen LogP contribution is -2.51. The van der Waals surface area contributed by atoms with Crippen LogP contribution in [0.5, 0.6) is 0 Å². The number of rotatable bonds is 6. The maximum Gasteiger partial charge on any atom is 0.251 e. The molecule has 0 spiro atoms. The molecule has 32 heavy (non-hydrogen) atoms. The first-order chi connectivity index (χ1) is 15.1. The molecule has 0 bridgehead atoms. The van der Waals surface area contributed by atoms with Gasteiger partial charge in [0.15, 0.2) is 0 Å². The van der Waals surface area contributed by atoms with Crippen LogP contribution in [0.1, 0.15) is 10.4 Å². The van der Waals surface area contributed by atoms with E-state index in [2.05, 4.69) is 10.2 Å². The predicted molar refractivity (Wildman–Crippen MR) is 125 cm³/mol. The van der Waals surface area contributed by atoms with Crippen molar-refractivity contribution in [2.24, 2.45) is 0 Å². The number of piperazine rings is 1. The Morgan fingerprint density at radius 3 is 2.34 bits per heavy atom. The second-order valence-electron chi connectivity index (χ2n) is 7.46. The van der Waals surface area contributed by atoms with Gasteiger partial charge in [0.05, 0.1) is 11.6 Å². The molecule has 0 unspecified atom stereocenters. The van der Waals surface area contributed by atoms with Gasteiger partial charge in [-0.3, -0.25) is 9.59 Å². The molecule has 1 saturated heterocycles. The first-order valence-corrected chi connectivity index (χ1v) is 12.1. The first kappa shape index (κ1) is 24.3. The molecule has 2 aromatic rings. The molecule has 0 radical (unpaired) electrons. The van der Waals surface area contributed by atoms with Crippen molar-refractivity contribution in [2.45, 2.75) is 4.90 Å². The summed E-state index contributed by atoms with van der Waals surface area (Å²) in [5.41, 5.74) is 1.11. The first-order valence-electron chi connectivity index (χ1n) is 9.88. The Morgan fingerprint density at radius 1 is 1.03 bits per heavy atom. The van der Waals surface area contributed by atoms with Crippen LogP contribution in [-0.4, -0.2) is 76.3 Å². The lowest BCUT2D eigenvalue weighted by Gasteiger charge is -2.36. The molecular formula is C21H24Cl2N4O4S. The molecule has 172 valence electrons. The van der Waals surface area contributed by atoms with E-state index in [1.54, 1.807) is 4.90 Å². The average Bonchev–Trinajstić information content (AvgIpc) is 2.77. The van der Waals surface area contributed by atoms with Gasteiger partial charge in [-0.05, 0) is 36.4 Å². The Morgan fingerprint density at radius 2 is 1.72 bits per heavy atom. The molecule has 2 amide bonds. The summed E-state index contributed by atoms with van der Waals surface area (Å²) in [6.45, 7) is 2.17. The number of carbonyl (C=O) groups is 2. The van der Waals surface area contributed by atoms with Gasteiger partial charge in [-0.1, -0.05) is 29.3 Å².